The third-order valence-electron chi connectivity index (χ3n) is 0.146. The lowest BCUT2D eigenvalue weighted by Crippen LogP contribution is -2.16. The van der Waals surface area contributed by atoms with E-state index in [-0.39, 0.29) is 0 Å². The normalized spacial score (nSPS) is 5.83. The summed E-state index contributed by atoms with van der Waals surface area (Å²) >= 11 is 0. The first-order chi connectivity index (χ1) is 2.77. The largest absolute Gasteiger partial charge is 0.369 e. The van der Waals surface area contributed by atoms with Gasteiger partial charge in [-0.3, -0.25) is 0 Å². The van der Waals surface area contributed by atoms with E-state index in [0.29, 0.717) is 0 Å². The highest BCUT2D eigenvalue weighted by Crippen LogP contribution is 1.41. The molecule has 0 aliphatic heterocycles. The quantitative estimate of drug-likeness (QED) is 0.248. The van der Waals surface area contributed by atoms with Crippen molar-refractivity contribution in [2.45, 2.75) is 0 Å². The molecule has 0 bridgehead atoms. The Hall–Kier alpha value is -1.31. The van der Waals surface area contributed by atoms with Crippen LogP contribution in [0, 0.1) is 16.4 Å². The minimum Gasteiger partial charge on any atom is -0.218 e. The fraction of sp³-hybridized carbons (Fsp3) is 0. The molecule has 0 saturated heterocycles. The zero-order valence-electron chi connectivity index (χ0n) is 2.75. The number of nitrogens with zero attached hydrogens (tertiary/aromatic N) is 2. The lowest BCUT2D eigenvalue weighted by molar-refractivity contribution is -0.825. The number of rotatable bonds is 1. The first-order valence-electron chi connectivity index (χ1n) is 1.08. The van der Waals surface area contributed by atoms with Crippen LogP contribution in [0.2, 0.25) is 0 Å². The van der Waals surface area contributed by atoms with Crippen LogP contribution in [0.4, 0.5) is 0 Å². The summed E-state index contributed by atoms with van der Waals surface area (Å²) in [5.41, 5.74) is 1.35. The van der Waals surface area contributed by atoms with Crippen LogP contribution in [0.5, 0.6) is 0 Å². The summed E-state index contributed by atoms with van der Waals surface area (Å²) in [5, 5.41) is 14.3. The standard InChI is InChI=1S/CH2N3O2/c2-1-3-4(5)6/h3H,(H,5,6)/q+1. The van der Waals surface area contributed by atoms with Crippen molar-refractivity contribution in [1.82, 2.24) is 5.43 Å². The smallest absolute Gasteiger partial charge is 0.218 e. The van der Waals surface area contributed by atoms with Gasteiger partial charge in [-0.15, -0.1) is 0 Å². The maximum Gasteiger partial charge on any atom is 0.369 e. The Bertz CT molecular complexity index is 91.5. The zero-order chi connectivity index (χ0) is 4.99. The third-order valence-corrected chi connectivity index (χ3v) is 0.146. The van der Waals surface area contributed by atoms with Crippen molar-refractivity contribution in [2.75, 3.05) is 0 Å². The molecule has 6 heavy (non-hydrogen) atoms. The predicted molar refractivity (Wildman–Crippen MR) is 14.2 cm³/mol. The number of nitrogens with one attached hydrogen (secondary N) is 1. The van der Waals surface area contributed by atoms with Crippen molar-refractivity contribution in [2.24, 2.45) is 0 Å². The van der Waals surface area contributed by atoms with Gasteiger partial charge in [-0.1, -0.05) is 0 Å². The average molecular weight is 88.0 g/mol. The molecular formula is CH2N3O2+. The van der Waals surface area contributed by atoms with Crippen LogP contribution in [0.3, 0.4) is 0 Å². The minimum absolute atomic E-state index is 0.681. The summed E-state index contributed by atoms with van der Waals surface area (Å²) < 4.78 is 0. The molecule has 0 atom stereocenters. The van der Waals surface area contributed by atoms with Gasteiger partial charge >= 0.3 is 5.03 Å². The van der Waals surface area contributed by atoms with E-state index in [1.54, 1.807) is 0 Å². The highest BCUT2D eigenvalue weighted by molar-refractivity contribution is 4.50. The number of hydrazine groups is 1. The van der Waals surface area contributed by atoms with Gasteiger partial charge in [0.1, 0.15) is 4.91 Å². The SMILES string of the molecule is N#CN[N+](=O)O. The van der Waals surface area contributed by atoms with E-state index in [2.05, 4.69) is 0 Å². The molecule has 0 aromatic heterocycles. The molecule has 0 fully saturated rings. The summed E-state index contributed by atoms with van der Waals surface area (Å²) in [6.45, 7) is 0. The average Bonchev–Trinajstić information content (AvgIpc) is 1.35. The topological polar surface area (TPSA) is 76.1 Å². The fourth-order valence-corrected chi connectivity index (χ4v) is 0.0428. The summed E-state index contributed by atoms with van der Waals surface area (Å²) in [6.07, 6.45) is 1.18. The van der Waals surface area contributed by atoms with Gasteiger partial charge in [0.05, 0.1) is 0 Å². The van der Waals surface area contributed by atoms with Gasteiger partial charge in [-0.2, -0.15) is 5.26 Å². The summed E-state index contributed by atoms with van der Waals surface area (Å²) in [5.74, 6) is 0. The van der Waals surface area contributed by atoms with Gasteiger partial charge < -0.3 is 0 Å². The molecule has 0 spiro atoms. The van der Waals surface area contributed by atoms with E-state index < -0.39 is 5.03 Å². The molecule has 5 nitrogen and oxygen atoms in total. The first kappa shape index (κ1) is 4.69. The predicted octanol–water partition coefficient (Wildman–Crippen LogP) is -0.860. The maximum absolute atomic E-state index is 9.18. The lowest BCUT2D eigenvalue weighted by Gasteiger charge is -1.62. The van der Waals surface area contributed by atoms with Gasteiger partial charge in [0, 0.05) is 5.43 Å². The molecule has 0 aliphatic rings. The first-order valence-corrected chi connectivity index (χ1v) is 1.08. The molecule has 0 heterocycles. The summed E-state index contributed by atoms with van der Waals surface area (Å²) in [4.78, 5) is 9.18. The van der Waals surface area contributed by atoms with Crippen LogP contribution in [0.1, 0.15) is 0 Å². The van der Waals surface area contributed by atoms with E-state index in [1.807, 2.05) is 0 Å². The van der Waals surface area contributed by atoms with Crippen LogP contribution < -0.4 is 5.43 Å². The van der Waals surface area contributed by atoms with Gasteiger partial charge in [-0.25, -0.2) is 5.21 Å². The number of hydrogen-bond acceptors (Lipinski definition) is 2. The van der Waals surface area contributed by atoms with Crippen LogP contribution >= 0.6 is 0 Å². The monoisotopic (exact) mass is 88.0 g/mol. The van der Waals surface area contributed by atoms with Crippen molar-refractivity contribution >= 4 is 0 Å². The molecule has 0 aliphatic carbocycles. The Morgan fingerprint density at radius 1 is 2.00 bits per heavy atom. The highest BCUT2D eigenvalue weighted by Gasteiger charge is 1.92. The zero-order valence-corrected chi connectivity index (χ0v) is 2.75. The molecule has 0 saturated carbocycles. The molecule has 5 heteroatoms. The second-order valence-corrected chi connectivity index (χ2v) is 0.497. The molecule has 0 radical (unpaired) electrons. The Labute approximate surface area is 33.3 Å². The van der Waals surface area contributed by atoms with Gasteiger partial charge in [0.25, 0.3) is 0 Å². The maximum atomic E-state index is 9.18. The Morgan fingerprint density at radius 2 is 2.50 bits per heavy atom. The van der Waals surface area contributed by atoms with E-state index >= 15 is 0 Å². The molecule has 0 rings (SSSR count). The van der Waals surface area contributed by atoms with Crippen LogP contribution in [0.25, 0.3) is 0 Å². The third kappa shape index (κ3) is 2.69. The Kier molecular flexibility index (Phi) is 1.53. The highest BCUT2D eigenvalue weighted by atomic mass is 16.7. The van der Waals surface area contributed by atoms with E-state index in [0.717, 1.165) is 0 Å². The minimum atomic E-state index is -0.681. The van der Waals surface area contributed by atoms with Crippen molar-refractivity contribution in [3.05, 3.63) is 4.91 Å². The van der Waals surface area contributed by atoms with Crippen LogP contribution in [-0.2, 0) is 0 Å². The van der Waals surface area contributed by atoms with Gasteiger partial charge in [0.15, 0.2) is 0 Å². The van der Waals surface area contributed by atoms with E-state index in [9.17, 15) is 4.91 Å². The van der Waals surface area contributed by atoms with Crippen molar-refractivity contribution < 1.29 is 10.2 Å². The lowest BCUT2D eigenvalue weighted by atomic mass is 11.4. The molecule has 32 valence electrons. The Balaban J connectivity index is 3.13. The Morgan fingerprint density at radius 3 is 2.50 bits per heavy atom. The molecule has 0 aromatic rings. The van der Waals surface area contributed by atoms with Crippen molar-refractivity contribution in [1.29, 1.82) is 5.26 Å². The molecule has 0 amide bonds. The van der Waals surface area contributed by atoms with E-state index in [1.165, 1.54) is 11.6 Å². The van der Waals surface area contributed by atoms with Crippen molar-refractivity contribution in [3.63, 3.8) is 0 Å². The molecular weight excluding hydrogens is 86.0 g/mol. The summed E-state index contributed by atoms with van der Waals surface area (Å²) in [6, 6.07) is 0. The second-order valence-electron chi connectivity index (χ2n) is 0.497. The van der Waals surface area contributed by atoms with Gasteiger partial charge in [0.2, 0.25) is 6.19 Å². The molecule has 0 aromatic carbocycles. The second kappa shape index (κ2) is 1.96. The summed E-state index contributed by atoms with van der Waals surface area (Å²) in [7, 11) is 0. The number of hydrogen-bond donors (Lipinski definition) is 2. The van der Waals surface area contributed by atoms with Crippen molar-refractivity contribution in [3.8, 4) is 6.19 Å². The van der Waals surface area contributed by atoms with E-state index in [4.69, 9.17) is 10.5 Å². The van der Waals surface area contributed by atoms with Crippen LogP contribution in [-0.4, -0.2) is 10.2 Å². The molecule has 0 unspecified atom stereocenters. The van der Waals surface area contributed by atoms with Gasteiger partial charge in [-0.05, 0) is 0 Å². The van der Waals surface area contributed by atoms with Crippen LogP contribution in [0.15, 0.2) is 0 Å². The molecule has 2 N–H and O–H groups in total. The number of nitriles is 1. The fourth-order valence-electron chi connectivity index (χ4n) is 0.0428.